The van der Waals surface area contributed by atoms with Gasteiger partial charge in [0.05, 0.1) is 5.60 Å². The van der Waals surface area contributed by atoms with Crippen molar-refractivity contribution in [2.24, 2.45) is 0 Å². The quantitative estimate of drug-likeness (QED) is 0.792. The molecule has 0 heterocycles. The number of hydrogen-bond donors (Lipinski definition) is 2. The molecule has 2 N–H and O–H groups in total. The van der Waals surface area contributed by atoms with E-state index in [0.717, 1.165) is 17.6 Å². The van der Waals surface area contributed by atoms with Crippen LogP contribution in [0.4, 0.5) is 5.69 Å². The second kappa shape index (κ2) is 7.43. The number of nitrogens with zero attached hydrogens (tertiary/aromatic N) is 1. The first-order chi connectivity index (χ1) is 9.28. The molecule has 0 saturated heterocycles. The van der Waals surface area contributed by atoms with E-state index in [0.29, 0.717) is 6.54 Å². The van der Waals surface area contributed by atoms with E-state index >= 15 is 0 Å². The Kier molecular flexibility index (Phi) is 6.49. The first kappa shape index (κ1) is 17.5. The molecule has 0 saturated carbocycles. The van der Waals surface area contributed by atoms with Crippen LogP contribution in [0.5, 0.6) is 0 Å². The van der Waals surface area contributed by atoms with E-state index in [4.69, 9.17) is 0 Å². The van der Waals surface area contributed by atoms with E-state index in [1.807, 2.05) is 13.8 Å². The van der Waals surface area contributed by atoms with Crippen LogP contribution in [0, 0.1) is 0 Å². The molecule has 1 aromatic carbocycles. The third-order valence-corrected chi connectivity index (χ3v) is 3.76. The van der Waals surface area contributed by atoms with E-state index in [1.54, 1.807) is 0 Å². The van der Waals surface area contributed by atoms with E-state index < -0.39 is 5.60 Å². The Balaban J connectivity index is 3.14. The van der Waals surface area contributed by atoms with Gasteiger partial charge >= 0.3 is 0 Å². The van der Waals surface area contributed by atoms with Gasteiger partial charge in [-0.15, -0.1) is 0 Å². The van der Waals surface area contributed by atoms with Crippen molar-refractivity contribution < 1.29 is 5.11 Å². The zero-order valence-corrected chi connectivity index (χ0v) is 14.8. The molecule has 0 aliphatic rings. The lowest BCUT2D eigenvalue weighted by Crippen LogP contribution is -2.39. The Morgan fingerprint density at radius 1 is 1.35 bits per heavy atom. The molecule has 0 spiro atoms. The maximum absolute atomic E-state index is 10.1. The van der Waals surface area contributed by atoms with Gasteiger partial charge in [0.25, 0.3) is 0 Å². The van der Waals surface area contributed by atoms with Gasteiger partial charge in [0.1, 0.15) is 0 Å². The van der Waals surface area contributed by atoms with Crippen LogP contribution in [0.2, 0.25) is 0 Å². The summed E-state index contributed by atoms with van der Waals surface area (Å²) in [5, 5.41) is 13.6. The number of benzene rings is 1. The van der Waals surface area contributed by atoms with Crippen LogP contribution < -0.4 is 10.2 Å². The van der Waals surface area contributed by atoms with Crippen LogP contribution >= 0.6 is 15.9 Å². The molecular formula is C16H27BrN2O. The summed E-state index contributed by atoms with van der Waals surface area (Å²) in [7, 11) is 0. The number of rotatable bonds is 7. The molecule has 114 valence electrons. The Bertz CT molecular complexity index is 429. The van der Waals surface area contributed by atoms with E-state index in [1.165, 1.54) is 11.3 Å². The minimum absolute atomic E-state index is 0.281. The summed E-state index contributed by atoms with van der Waals surface area (Å²) in [5.41, 5.74) is 1.74. The molecular weight excluding hydrogens is 316 g/mol. The minimum Gasteiger partial charge on any atom is -0.389 e. The second-order valence-electron chi connectivity index (χ2n) is 5.81. The average Bonchev–Trinajstić information content (AvgIpc) is 2.35. The molecule has 0 radical (unpaired) electrons. The first-order valence-corrected chi connectivity index (χ1v) is 8.08. The number of nitrogens with one attached hydrogen (secondary N) is 1. The zero-order chi connectivity index (χ0) is 15.3. The average molecular weight is 343 g/mol. The van der Waals surface area contributed by atoms with Gasteiger partial charge in [-0.1, -0.05) is 22.9 Å². The predicted octanol–water partition coefficient (Wildman–Crippen LogP) is 3.72. The molecule has 20 heavy (non-hydrogen) atoms. The highest BCUT2D eigenvalue weighted by molar-refractivity contribution is 9.10. The van der Waals surface area contributed by atoms with Crippen LogP contribution in [0.1, 0.15) is 46.2 Å². The van der Waals surface area contributed by atoms with Crippen molar-refractivity contribution >= 4 is 21.6 Å². The fraction of sp³-hybridized carbons (Fsp3) is 0.625. The molecule has 0 amide bonds. The van der Waals surface area contributed by atoms with Crippen molar-refractivity contribution in [1.82, 2.24) is 5.32 Å². The van der Waals surface area contributed by atoms with Crippen molar-refractivity contribution in [3.63, 3.8) is 0 Å². The van der Waals surface area contributed by atoms with Crippen LogP contribution in [0.3, 0.4) is 0 Å². The number of hydrogen-bond acceptors (Lipinski definition) is 3. The molecule has 3 nitrogen and oxygen atoms in total. The van der Waals surface area contributed by atoms with E-state index in [9.17, 15) is 5.11 Å². The number of aliphatic hydroxyl groups is 1. The van der Waals surface area contributed by atoms with Gasteiger partial charge in [-0.3, -0.25) is 0 Å². The van der Waals surface area contributed by atoms with Gasteiger partial charge in [-0.25, -0.2) is 0 Å². The summed E-state index contributed by atoms with van der Waals surface area (Å²) in [6.45, 7) is 12.5. The fourth-order valence-electron chi connectivity index (χ4n) is 2.41. The van der Waals surface area contributed by atoms with Crippen LogP contribution in [0.25, 0.3) is 0 Å². The summed E-state index contributed by atoms with van der Waals surface area (Å²) in [6.07, 6.45) is 0. The first-order valence-electron chi connectivity index (χ1n) is 7.28. The maximum atomic E-state index is 10.1. The summed E-state index contributed by atoms with van der Waals surface area (Å²) in [6, 6.07) is 6.63. The summed E-state index contributed by atoms with van der Waals surface area (Å²) >= 11 is 3.55. The lowest BCUT2D eigenvalue weighted by Gasteiger charge is -2.32. The van der Waals surface area contributed by atoms with Gasteiger partial charge < -0.3 is 15.3 Å². The Hall–Kier alpha value is -0.580. The largest absolute Gasteiger partial charge is 0.389 e. The van der Waals surface area contributed by atoms with Crippen LogP contribution in [-0.4, -0.2) is 30.3 Å². The molecule has 0 bridgehead atoms. The van der Waals surface area contributed by atoms with Gasteiger partial charge in [-0.2, -0.15) is 0 Å². The molecule has 0 aromatic heterocycles. The summed E-state index contributed by atoms with van der Waals surface area (Å²) in [5.74, 6) is 0. The van der Waals surface area contributed by atoms with Crippen molar-refractivity contribution in [1.29, 1.82) is 0 Å². The number of anilines is 1. The fourth-order valence-corrected chi connectivity index (χ4v) is 2.79. The highest BCUT2D eigenvalue weighted by Gasteiger charge is 2.21. The molecule has 1 aromatic rings. The van der Waals surface area contributed by atoms with Crippen LogP contribution in [-0.2, 0) is 0 Å². The third kappa shape index (κ3) is 5.08. The van der Waals surface area contributed by atoms with Gasteiger partial charge in [0.15, 0.2) is 0 Å². The molecule has 1 rings (SSSR count). The maximum Gasteiger partial charge on any atom is 0.0765 e. The molecule has 1 atom stereocenters. The lowest BCUT2D eigenvalue weighted by molar-refractivity contribution is 0.0875. The molecule has 4 heteroatoms. The smallest absolute Gasteiger partial charge is 0.0765 e. The highest BCUT2D eigenvalue weighted by Crippen LogP contribution is 2.30. The van der Waals surface area contributed by atoms with Crippen molar-refractivity contribution in [2.45, 2.75) is 46.3 Å². The monoisotopic (exact) mass is 342 g/mol. The minimum atomic E-state index is -0.707. The normalized spacial score (nSPS) is 13.3. The topological polar surface area (TPSA) is 35.5 Å². The van der Waals surface area contributed by atoms with Crippen molar-refractivity contribution in [3.8, 4) is 0 Å². The van der Waals surface area contributed by atoms with E-state index in [2.05, 4.69) is 65.1 Å². The number of likely N-dealkylation sites (N-methyl/N-ethyl adjacent to an activating group) is 1. The van der Waals surface area contributed by atoms with Gasteiger partial charge in [0, 0.05) is 29.3 Å². The standard InChI is InChI=1S/C16H27BrN2O/c1-6-18-12(3)14-10-13(17)8-9-15(14)19(7-2)11-16(4,5)20/h8-10,12,18,20H,6-7,11H2,1-5H3. The lowest BCUT2D eigenvalue weighted by atomic mass is 10.0. The molecule has 1 unspecified atom stereocenters. The van der Waals surface area contributed by atoms with Gasteiger partial charge in [0.2, 0.25) is 0 Å². The van der Waals surface area contributed by atoms with Crippen molar-refractivity contribution in [2.75, 3.05) is 24.5 Å². The Morgan fingerprint density at radius 3 is 2.50 bits per heavy atom. The second-order valence-corrected chi connectivity index (χ2v) is 6.72. The molecule has 0 fully saturated rings. The van der Waals surface area contributed by atoms with Crippen LogP contribution in [0.15, 0.2) is 22.7 Å². The summed E-state index contributed by atoms with van der Waals surface area (Å²) in [4.78, 5) is 2.23. The van der Waals surface area contributed by atoms with E-state index in [-0.39, 0.29) is 6.04 Å². The highest BCUT2D eigenvalue weighted by atomic mass is 79.9. The number of halogens is 1. The Labute approximate surface area is 131 Å². The SMILES string of the molecule is CCNC(C)c1cc(Br)ccc1N(CC)CC(C)(C)O. The summed E-state index contributed by atoms with van der Waals surface area (Å²) < 4.78 is 1.08. The zero-order valence-electron chi connectivity index (χ0n) is 13.2. The molecule has 0 aliphatic heterocycles. The predicted molar refractivity (Wildman–Crippen MR) is 90.4 cm³/mol. The van der Waals surface area contributed by atoms with Crippen molar-refractivity contribution in [3.05, 3.63) is 28.2 Å². The van der Waals surface area contributed by atoms with Gasteiger partial charge in [-0.05, 0) is 58.0 Å². The third-order valence-electron chi connectivity index (χ3n) is 3.27. The molecule has 0 aliphatic carbocycles. The Morgan fingerprint density at radius 2 is 2.00 bits per heavy atom.